The summed E-state index contributed by atoms with van der Waals surface area (Å²) < 4.78 is 10.8. The molecule has 4 aromatic carbocycles. The van der Waals surface area contributed by atoms with Gasteiger partial charge in [-0.1, -0.05) is 48.0 Å². The molecule has 0 spiro atoms. The lowest BCUT2D eigenvalue weighted by atomic mass is 10.0. The number of aryl methyl sites for hydroxylation is 1. The third kappa shape index (κ3) is 6.37. The van der Waals surface area contributed by atoms with E-state index in [0.29, 0.717) is 22.4 Å². The van der Waals surface area contributed by atoms with E-state index in [0.717, 1.165) is 16.3 Å². The average molecular weight is 496 g/mol. The first-order valence-electron chi connectivity index (χ1n) is 11.5. The van der Waals surface area contributed by atoms with E-state index in [1.54, 1.807) is 55.6 Å². The molecule has 2 N–H and O–H groups in total. The molecule has 186 valence electrons. The summed E-state index contributed by atoms with van der Waals surface area (Å²) in [7, 11) is 1.55. The van der Waals surface area contributed by atoms with Gasteiger partial charge in [-0.3, -0.25) is 9.59 Å². The van der Waals surface area contributed by atoms with Crippen molar-refractivity contribution in [1.82, 2.24) is 10.7 Å². The van der Waals surface area contributed by atoms with Crippen molar-refractivity contribution in [1.29, 1.82) is 0 Å². The van der Waals surface area contributed by atoms with Crippen molar-refractivity contribution in [3.05, 3.63) is 107 Å². The van der Waals surface area contributed by atoms with E-state index in [1.807, 2.05) is 43.3 Å². The molecule has 4 rings (SSSR count). The highest BCUT2D eigenvalue weighted by atomic mass is 16.5. The number of hydrazone groups is 1. The Hall–Kier alpha value is -4.98. The van der Waals surface area contributed by atoms with Crippen LogP contribution in [0.1, 0.15) is 31.8 Å². The number of carbonyl (C=O) groups excluding carboxylic acids is 3. The van der Waals surface area contributed by atoms with Gasteiger partial charge in [-0.25, -0.2) is 10.2 Å². The number of hydrogen-bond acceptors (Lipinski definition) is 6. The highest BCUT2D eigenvalue weighted by Gasteiger charge is 2.14. The number of fused-ring (bicyclic) bond motifs is 1. The standard InChI is InChI=1S/C29H25N3O5/c1-19-6-5-8-22(16-19)28(34)30-18-27(33)32-31-17-25-24-9-4-3-7-20(24)12-15-26(25)37-29(35)21-10-13-23(36-2)14-11-21/h3-17H,18H2,1-2H3,(H,30,34)(H,32,33)/b31-17-. The normalized spacial score (nSPS) is 10.8. The molecule has 37 heavy (non-hydrogen) atoms. The minimum atomic E-state index is -0.546. The van der Waals surface area contributed by atoms with E-state index in [2.05, 4.69) is 15.8 Å². The Morgan fingerprint density at radius 3 is 2.43 bits per heavy atom. The van der Waals surface area contributed by atoms with Crippen LogP contribution in [-0.2, 0) is 4.79 Å². The lowest BCUT2D eigenvalue weighted by Crippen LogP contribution is -2.34. The summed E-state index contributed by atoms with van der Waals surface area (Å²) in [6.45, 7) is 1.63. The second-order valence-electron chi connectivity index (χ2n) is 8.16. The quantitative estimate of drug-likeness (QED) is 0.164. The van der Waals surface area contributed by atoms with Gasteiger partial charge in [0.1, 0.15) is 11.5 Å². The fourth-order valence-corrected chi connectivity index (χ4v) is 3.64. The highest BCUT2D eigenvalue weighted by Crippen LogP contribution is 2.27. The van der Waals surface area contributed by atoms with Crippen LogP contribution in [0.25, 0.3) is 10.8 Å². The molecular formula is C29H25N3O5. The molecule has 0 bridgehead atoms. The number of nitrogens with one attached hydrogen (secondary N) is 2. The molecule has 0 aromatic heterocycles. The van der Waals surface area contributed by atoms with Crippen molar-refractivity contribution in [2.24, 2.45) is 5.10 Å². The minimum Gasteiger partial charge on any atom is -0.497 e. The Labute approximate surface area is 213 Å². The zero-order valence-electron chi connectivity index (χ0n) is 20.4. The minimum absolute atomic E-state index is 0.251. The lowest BCUT2D eigenvalue weighted by molar-refractivity contribution is -0.120. The van der Waals surface area contributed by atoms with E-state index in [-0.39, 0.29) is 18.2 Å². The summed E-state index contributed by atoms with van der Waals surface area (Å²) in [5.41, 5.74) is 4.69. The predicted octanol–water partition coefficient (Wildman–Crippen LogP) is 4.26. The fraction of sp³-hybridized carbons (Fsp3) is 0.103. The first kappa shape index (κ1) is 25.1. The van der Waals surface area contributed by atoms with Crippen LogP contribution >= 0.6 is 0 Å². The molecule has 0 aliphatic carbocycles. The van der Waals surface area contributed by atoms with Gasteiger partial charge in [0.15, 0.2) is 0 Å². The van der Waals surface area contributed by atoms with E-state index in [9.17, 15) is 14.4 Å². The van der Waals surface area contributed by atoms with Gasteiger partial charge >= 0.3 is 5.97 Å². The van der Waals surface area contributed by atoms with Crippen molar-refractivity contribution < 1.29 is 23.9 Å². The molecule has 0 atom stereocenters. The van der Waals surface area contributed by atoms with E-state index < -0.39 is 11.9 Å². The summed E-state index contributed by atoms with van der Waals surface area (Å²) in [5.74, 6) is -0.500. The third-order valence-corrected chi connectivity index (χ3v) is 5.53. The Bertz CT molecular complexity index is 1480. The second-order valence-corrected chi connectivity index (χ2v) is 8.16. The molecule has 0 saturated carbocycles. The molecule has 8 nitrogen and oxygen atoms in total. The summed E-state index contributed by atoms with van der Waals surface area (Å²) in [6, 6.07) is 24.7. The first-order chi connectivity index (χ1) is 17.9. The van der Waals surface area contributed by atoms with E-state index in [4.69, 9.17) is 9.47 Å². The number of nitrogens with zero attached hydrogens (tertiary/aromatic N) is 1. The van der Waals surface area contributed by atoms with Crippen molar-refractivity contribution in [3.63, 3.8) is 0 Å². The highest BCUT2D eigenvalue weighted by molar-refractivity contribution is 6.04. The van der Waals surface area contributed by atoms with E-state index in [1.165, 1.54) is 6.21 Å². The molecule has 0 aliphatic heterocycles. The number of carbonyl (C=O) groups is 3. The number of esters is 1. The summed E-state index contributed by atoms with van der Waals surface area (Å²) in [5, 5.41) is 8.29. The number of benzene rings is 4. The van der Waals surface area contributed by atoms with Crippen LogP contribution in [0.15, 0.2) is 90.0 Å². The zero-order chi connectivity index (χ0) is 26.2. The Morgan fingerprint density at radius 1 is 0.892 bits per heavy atom. The third-order valence-electron chi connectivity index (χ3n) is 5.53. The lowest BCUT2D eigenvalue weighted by Gasteiger charge is -2.11. The van der Waals surface area contributed by atoms with Gasteiger partial charge in [0.05, 0.1) is 25.4 Å². The maximum atomic E-state index is 12.8. The van der Waals surface area contributed by atoms with Crippen LogP contribution in [0.5, 0.6) is 11.5 Å². The van der Waals surface area contributed by atoms with Crippen molar-refractivity contribution in [2.45, 2.75) is 6.92 Å². The van der Waals surface area contributed by atoms with Crippen LogP contribution in [0.4, 0.5) is 0 Å². The van der Waals surface area contributed by atoms with E-state index >= 15 is 0 Å². The molecule has 0 aliphatic rings. The largest absolute Gasteiger partial charge is 0.497 e. The monoisotopic (exact) mass is 495 g/mol. The molecule has 0 unspecified atom stereocenters. The van der Waals surface area contributed by atoms with Crippen molar-refractivity contribution in [2.75, 3.05) is 13.7 Å². The Morgan fingerprint density at radius 2 is 1.68 bits per heavy atom. The molecule has 2 amide bonds. The molecule has 0 saturated heterocycles. The maximum absolute atomic E-state index is 12.8. The van der Waals surface area contributed by atoms with Crippen molar-refractivity contribution >= 4 is 34.8 Å². The Balaban J connectivity index is 1.47. The van der Waals surface area contributed by atoms with Gasteiger partial charge in [0, 0.05) is 11.1 Å². The average Bonchev–Trinajstić information content (AvgIpc) is 2.92. The molecule has 4 aromatic rings. The summed E-state index contributed by atoms with van der Waals surface area (Å²) in [6.07, 6.45) is 1.42. The number of ether oxygens (including phenoxy) is 2. The number of amides is 2. The number of rotatable bonds is 8. The second kappa shape index (κ2) is 11.6. The summed E-state index contributed by atoms with van der Waals surface area (Å²) in [4.78, 5) is 37.3. The van der Waals surface area contributed by atoms with Gasteiger partial charge in [0.2, 0.25) is 0 Å². The first-order valence-corrected chi connectivity index (χ1v) is 11.5. The fourth-order valence-electron chi connectivity index (χ4n) is 3.64. The van der Waals surface area contributed by atoms with Crippen LogP contribution in [0, 0.1) is 6.92 Å². The number of methoxy groups -OCH3 is 1. The topological polar surface area (TPSA) is 106 Å². The SMILES string of the molecule is COc1ccc(C(=O)Oc2ccc3ccccc3c2/C=N\NC(=O)CNC(=O)c2cccc(C)c2)cc1. The van der Waals surface area contributed by atoms with Crippen LogP contribution in [0.3, 0.4) is 0 Å². The molecule has 8 heteroatoms. The van der Waals surface area contributed by atoms with Crippen molar-refractivity contribution in [3.8, 4) is 11.5 Å². The zero-order valence-corrected chi connectivity index (χ0v) is 20.4. The van der Waals surface area contributed by atoms with Gasteiger partial charge in [-0.15, -0.1) is 0 Å². The molecular weight excluding hydrogens is 470 g/mol. The Kier molecular flexibility index (Phi) is 7.90. The number of hydrogen-bond donors (Lipinski definition) is 2. The molecule has 0 fully saturated rings. The van der Waals surface area contributed by atoms with Gasteiger partial charge in [0.25, 0.3) is 11.8 Å². The van der Waals surface area contributed by atoms with Crippen LogP contribution in [0.2, 0.25) is 0 Å². The molecule has 0 radical (unpaired) electrons. The maximum Gasteiger partial charge on any atom is 0.343 e. The molecule has 0 heterocycles. The van der Waals surface area contributed by atoms with Crippen LogP contribution < -0.4 is 20.2 Å². The van der Waals surface area contributed by atoms with Crippen LogP contribution in [-0.4, -0.2) is 37.7 Å². The smallest absolute Gasteiger partial charge is 0.343 e. The van der Waals surface area contributed by atoms with Gasteiger partial charge in [-0.05, 0) is 60.2 Å². The van der Waals surface area contributed by atoms with Gasteiger partial charge in [-0.2, -0.15) is 5.10 Å². The predicted molar refractivity (Wildman–Crippen MR) is 141 cm³/mol. The van der Waals surface area contributed by atoms with Gasteiger partial charge < -0.3 is 14.8 Å². The summed E-state index contributed by atoms with van der Waals surface area (Å²) >= 11 is 0.